The van der Waals surface area contributed by atoms with Gasteiger partial charge in [0.1, 0.15) is 0 Å². The van der Waals surface area contributed by atoms with E-state index in [1.165, 1.54) is 12.1 Å². The van der Waals surface area contributed by atoms with Crippen LogP contribution in [0, 0.1) is 17.6 Å². The number of benzene rings is 1. The number of nitrogens with one attached hydrogen (secondary N) is 1. The highest BCUT2D eigenvalue weighted by atomic mass is 19.2. The summed E-state index contributed by atoms with van der Waals surface area (Å²) in [6.45, 7) is 3.85. The van der Waals surface area contributed by atoms with Crippen LogP contribution < -0.4 is 11.1 Å². The van der Waals surface area contributed by atoms with Crippen molar-refractivity contribution in [3.63, 3.8) is 0 Å². The molecule has 0 aliphatic rings. The maximum Gasteiger partial charge on any atom is 0.241 e. The Morgan fingerprint density at radius 1 is 1.41 bits per heavy atom. The number of carbonyl (C=O) groups is 1. The Hall–Kier alpha value is -1.49. The highest BCUT2D eigenvalue weighted by molar-refractivity contribution is 5.94. The molecule has 1 aromatic rings. The van der Waals surface area contributed by atoms with Gasteiger partial charge in [0.05, 0.1) is 11.7 Å². The second-order valence-corrected chi connectivity index (χ2v) is 4.33. The molecule has 0 bridgehead atoms. The van der Waals surface area contributed by atoms with E-state index in [-0.39, 0.29) is 11.6 Å². The quantitative estimate of drug-likeness (QED) is 0.851. The fourth-order valence-corrected chi connectivity index (χ4v) is 1.44. The van der Waals surface area contributed by atoms with Crippen molar-refractivity contribution < 1.29 is 13.6 Å². The fraction of sp³-hybridized carbons (Fsp3) is 0.417. The molecule has 1 atom stereocenters. The predicted molar refractivity (Wildman–Crippen MR) is 62.4 cm³/mol. The third-order valence-electron chi connectivity index (χ3n) is 2.27. The Kier molecular flexibility index (Phi) is 4.57. The maximum absolute atomic E-state index is 13.3. The minimum absolute atomic E-state index is 0.186. The van der Waals surface area contributed by atoms with Crippen LogP contribution in [0.1, 0.15) is 20.3 Å². The van der Waals surface area contributed by atoms with Gasteiger partial charge in [-0.1, -0.05) is 19.9 Å². The van der Waals surface area contributed by atoms with E-state index in [4.69, 9.17) is 5.73 Å². The minimum Gasteiger partial charge on any atom is -0.322 e. The molecule has 0 saturated carbocycles. The van der Waals surface area contributed by atoms with Crippen LogP contribution in [0.5, 0.6) is 0 Å². The van der Waals surface area contributed by atoms with Gasteiger partial charge in [-0.2, -0.15) is 0 Å². The molecule has 0 fully saturated rings. The molecule has 0 saturated heterocycles. The molecule has 3 nitrogen and oxygen atoms in total. The van der Waals surface area contributed by atoms with Crippen LogP contribution in [-0.4, -0.2) is 11.9 Å². The van der Waals surface area contributed by atoms with Crippen LogP contribution in [0.25, 0.3) is 0 Å². The third-order valence-corrected chi connectivity index (χ3v) is 2.27. The Morgan fingerprint density at radius 3 is 2.65 bits per heavy atom. The summed E-state index contributed by atoms with van der Waals surface area (Å²) in [5.74, 6) is -2.32. The summed E-state index contributed by atoms with van der Waals surface area (Å²) in [5, 5.41) is 2.28. The number of anilines is 1. The first-order valence-electron chi connectivity index (χ1n) is 5.42. The highest BCUT2D eigenvalue weighted by Gasteiger charge is 2.17. The lowest BCUT2D eigenvalue weighted by Crippen LogP contribution is -2.36. The summed E-state index contributed by atoms with van der Waals surface area (Å²) in [4.78, 5) is 11.6. The van der Waals surface area contributed by atoms with Gasteiger partial charge in [0.2, 0.25) is 5.91 Å². The molecule has 1 unspecified atom stereocenters. The molecule has 1 aromatic carbocycles. The molecule has 17 heavy (non-hydrogen) atoms. The number of amides is 1. The van der Waals surface area contributed by atoms with Crippen LogP contribution in [0.3, 0.4) is 0 Å². The van der Waals surface area contributed by atoms with Gasteiger partial charge in [-0.3, -0.25) is 4.79 Å². The summed E-state index contributed by atoms with van der Waals surface area (Å²) < 4.78 is 26.1. The number of halogens is 2. The summed E-state index contributed by atoms with van der Waals surface area (Å²) in [6.07, 6.45) is 0.489. The van der Waals surface area contributed by atoms with Crippen molar-refractivity contribution in [2.24, 2.45) is 11.7 Å². The number of hydrogen-bond donors (Lipinski definition) is 2. The van der Waals surface area contributed by atoms with Gasteiger partial charge in [-0.05, 0) is 24.5 Å². The predicted octanol–water partition coefficient (Wildman–Crippen LogP) is 2.28. The van der Waals surface area contributed by atoms with Gasteiger partial charge < -0.3 is 11.1 Å². The van der Waals surface area contributed by atoms with Crippen molar-refractivity contribution >= 4 is 11.6 Å². The average molecular weight is 242 g/mol. The monoisotopic (exact) mass is 242 g/mol. The third kappa shape index (κ3) is 3.78. The van der Waals surface area contributed by atoms with Gasteiger partial charge in [0.25, 0.3) is 0 Å². The number of rotatable bonds is 4. The van der Waals surface area contributed by atoms with E-state index in [9.17, 15) is 13.6 Å². The van der Waals surface area contributed by atoms with E-state index in [0.29, 0.717) is 6.42 Å². The molecule has 0 radical (unpaired) electrons. The normalized spacial score (nSPS) is 12.6. The first kappa shape index (κ1) is 13.6. The van der Waals surface area contributed by atoms with E-state index < -0.39 is 23.6 Å². The molecule has 0 aliphatic heterocycles. The van der Waals surface area contributed by atoms with Gasteiger partial charge in [0, 0.05) is 0 Å². The van der Waals surface area contributed by atoms with E-state index in [2.05, 4.69) is 5.32 Å². The van der Waals surface area contributed by atoms with Crippen LogP contribution in [-0.2, 0) is 4.79 Å². The fourth-order valence-electron chi connectivity index (χ4n) is 1.44. The van der Waals surface area contributed by atoms with Crippen molar-refractivity contribution in [2.45, 2.75) is 26.3 Å². The van der Waals surface area contributed by atoms with Crippen LogP contribution in [0.4, 0.5) is 14.5 Å². The molecule has 1 amide bonds. The van der Waals surface area contributed by atoms with E-state index in [1.54, 1.807) is 0 Å². The second-order valence-electron chi connectivity index (χ2n) is 4.33. The molecule has 5 heteroatoms. The van der Waals surface area contributed by atoms with Crippen molar-refractivity contribution in [3.05, 3.63) is 29.8 Å². The Bertz CT molecular complexity index is 407. The Morgan fingerprint density at radius 2 is 2.06 bits per heavy atom. The lowest BCUT2D eigenvalue weighted by atomic mass is 10.0. The zero-order valence-corrected chi connectivity index (χ0v) is 9.84. The summed E-state index contributed by atoms with van der Waals surface area (Å²) in [5.41, 5.74) is 5.44. The molecule has 0 spiro atoms. The molecule has 0 aliphatic carbocycles. The topological polar surface area (TPSA) is 55.1 Å². The SMILES string of the molecule is CC(C)CC(N)C(=O)Nc1cccc(F)c1F. The smallest absolute Gasteiger partial charge is 0.241 e. The number of nitrogens with two attached hydrogens (primary N) is 1. The molecular formula is C12H16F2N2O. The van der Waals surface area contributed by atoms with Gasteiger partial charge in [-0.25, -0.2) is 8.78 Å². The first-order chi connectivity index (χ1) is 7.91. The first-order valence-corrected chi connectivity index (χ1v) is 5.42. The summed E-state index contributed by atoms with van der Waals surface area (Å²) in [6, 6.07) is 2.87. The highest BCUT2D eigenvalue weighted by Crippen LogP contribution is 2.17. The van der Waals surface area contributed by atoms with Crippen molar-refractivity contribution in [1.29, 1.82) is 0 Å². The van der Waals surface area contributed by atoms with E-state index in [0.717, 1.165) is 6.07 Å². The molecule has 0 heterocycles. The Labute approximate surface area is 99.0 Å². The standard InChI is InChI=1S/C12H16F2N2O/c1-7(2)6-9(15)12(17)16-10-5-3-4-8(13)11(10)14/h3-5,7,9H,6,15H2,1-2H3,(H,16,17). The number of hydrogen-bond acceptors (Lipinski definition) is 2. The van der Waals surface area contributed by atoms with Crippen molar-refractivity contribution in [3.8, 4) is 0 Å². The molecule has 94 valence electrons. The molecular weight excluding hydrogens is 226 g/mol. The van der Waals surface area contributed by atoms with Crippen molar-refractivity contribution in [1.82, 2.24) is 0 Å². The van der Waals surface area contributed by atoms with Gasteiger partial charge in [0.15, 0.2) is 11.6 Å². The molecule has 0 aromatic heterocycles. The summed E-state index contributed by atoms with van der Waals surface area (Å²) in [7, 11) is 0. The average Bonchev–Trinajstić information content (AvgIpc) is 2.23. The van der Waals surface area contributed by atoms with E-state index >= 15 is 0 Å². The van der Waals surface area contributed by atoms with Crippen LogP contribution >= 0.6 is 0 Å². The van der Waals surface area contributed by atoms with E-state index in [1.807, 2.05) is 13.8 Å². The molecule has 3 N–H and O–H groups in total. The Balaban J connectivity index is 2.71. The van der Waals surface area contributed by atoms with Gasteiger partial charge >= 0.3 is 0 Å². The number of carbonyl (C=O) groups excluding carboxylic acids is 1. The van der Waals surface area contributed by atoms with Crippen LogP contribution in [0.2, 0.25) is 0 Å². The largest absolute Gasteiger partial charge is 0.322 e. The minimum atomic E-state index is -1.07. The zero-order chi connectivity index (χ0) is 13.0. The van der Waals surface area contributed by atoms with Gasteiger partial charge in [-0.15, -0.1) is 0 Å². The zero-order valence-electron chi connectivity index (χ0n) is 9.84. The second kappa shape index (κ2) is 5.72. The summed E-state index contributed by atoms with van der Waals surface area (Å²) >= 11 is 0. The van der Waals surface area contributed by atoms with Crippen molar-refractivity contribution in [2.75, 3.05) is 5.32 Å². The van der Waals surface area contributed by atoms with Crippen LogP contribution in [0.15, 0.2) is 18.2 Å². The molecule has 1 rings (SSSR count). The maximum atomic E-state index is 13.3. The lowest BCUT2D eigenvalue weighted by molar-refractivity contribution is -0.117. The lowest BCUT2D eigenvalue weighted by Gasteiger charge is -2.14.